The van der Waals surface area contributed by atoms with Crippen LogP contribution in [0.25, 0.3) is 0 Å². The van der Waals surface area contributed by atoms with E-state index in [9.17, 15) is 13.2 Å². The summed E-state index contributed by atoms with van der Waals surface area (Å²) >= 11 is 0. The van der Waals surface area contributed by atoms with Crippen LogP contribution in [0.2, 0.25) is 0 Å². The number of nitrogens with one attached hydrogen (secondary N) is 1. The quantitative estimate of drug-likeness (QED) is 0.753. The molecule has 1 N–H and O–H groups in total. The van der Waals surface area contributed by atoms with Gasteiger partial charge >= 0.3 is 0 Å². The summed E-state index contributed by atoms with van der Waals surface area (Å²) < 4.78 is 26.8. The fraction of sp³-hybridized carbons (Fsp3) is 0.696. The average molecular weight is 421 g/mol. The van der Waals surface area contributed by atoms with Gasteiger partial charge < -0.3 is 5.32 Å². The lowest BCUT2D eigenvalue weighted by atomic mass is 9.69. The van der Waals surface area contributed by atoms with Crippen LogP contribution >= 0.6 is 0 Å². The first-order valence-corrected chi connectivity index (χ1v) is 12.5. The smallest absolute Gasteiger partial charge is 0.243 e. The Labute approximate surface area is 176 Å². The minimum atomic E-state index is -3.37. The van der Waals surface area contributed by atoms with E-state index in [1.54, 1.807) is 16.4 Å². The van der Waals surface area contributed by atoms with Crippen molar-refractivity contribution in [1.29, 1.82) is 0 Å². The third-order valence-corrected chi connectivity index (χ3v) is 8.40. The molecule has 0 spiro atoms. The fourth-order valence-corrected chi connectivity index (χ4v) is 6.30. The first-order valence-electron chi connectivity index (χ1n) is 11.1. The third-order valence-electron chi connectivity index (χ3n) is 6.49. The molecule has 0 bridgehead atoms. The van der Waals surface area contributed by atoms with Crippen LogP contribution in [0.3, 0.4) is 0 Å². The van der Waals surface area contributed by atoms with Crippen molar-refractivity contribution in [2.45, 2.75) is 83.1 Å². The first-order chi connectivity index (χ1) is 13.7. The van der Waals surface area contributed by atoms with Gasteiger partial charge in [-0.1, -0.05) is 45.7 Å². The number of nitrogens with zero attached hydrogens (tertiary/aromatic N) is 1. The Bertz CT molecular complexity index is 790. The normalized spacial score (nSPS) is 23.8. The van der Waals surface area contributed by atoms with Crippen LogP contribution in [-0.2, 0) is 21.2 Å². The maximum Gasteiger partial charge on any atom is 0.243 e. The maximum absolute atomic E-state index is 12.6. The summed E-state index contributed by atoms with van der Waals surface area (Å²) in [5, 5.41) is 3.28. The average Bonchev–Trinajstić information content (AvgIpc) is 3.22. The molecule has 1 aromatic rings. The van der Waals surface area contributed by atoms with Gasteiger partial charge in [0.15, 0.2) is 0 Å². The predicted molar refractivity (Wildman–Crippen MR) is 116 cm³/mol. The Morgan fingerprint density at radius 2 is 1.66 bits per heavy atom. The highest BCUT2D eigenvalue weighted by Crippen LogP contribution is 2.38. The number of rotatable bonds is 6. The van der Waals surface area contributed by atoms with Crippen molar-refractivity contribution in [2.24, 2.45) is 11.3 Å². The van der Waals surface area contributed by atoms with Crippen molar-refractivity contribution in [3.05, 3.63) is 29.8 Å². The SMILES string of the molecule is CC(C)(C)C1CCCCC1NC(=O)CCc1ccc(S(=O)(=O)N2CCCC2)cc1. The van der Waals surface area contributed by atoms with Gasteiger partial charge in [0.25, 0.3) is 0 Å². The minimum Gasteiger partial charge on any atom is -0.353 e. The molecule has 0 aromatic heterocycles. The van der Waals surface area contributed by atoms with E-state index in [1.165, 1.54) is 19.3 Å². The summed E-state index contributed by atoms with van der Waals surface area (Å²) in [5.41, 5.74) is 1.20. The molecule has 162 valence electrons. The molecule has 2 aliphatic rings. The van der Waals surface area contributed by atoms with Gasteiger partial charge in [-0.15, -0.1) is 0 Å². The van der Waals surface area contributed by atoms with Crippen molar-refractivity contribution < 1.29 is 13.2 Å². The number of carbonyl (C=O) groups excluding carboxylic acids is 1. The van der Waals surface area contributed by atoms with E-state index in [1.807, 2.05) is 12.1 Å². The predicted octanol–water partition coefficient (Wildman–Crippen LogP) is 4.12. The lowest BCUT2D eigenvalue weighted by Gasteiger charge is -2.40. The lowest BCUT2D eigenvalue weighted by Crippen LogP contribution is -2.46. The minimum absolute atomic E-state index is 0.0971. The summed E-state index contributed by atoms with van der Waals surface area (Å²) in [4.78, 5) is 12.9. The molecule has 2 unspecified atom stereocenters. The Hall–Kier alpha value is -1.40. The standard InChI is InChI=1S/C23H36N2O3S/c1-23(2,3)20-8-4-5-9-21(20)24-22(26)15-12-18-10-13-19(14-11-18)29(27,28)25-16-6-7-17-25/h10-11,13-14,20-21H,4-9,12,15-17H2,1-3H3,(H,24,26). The zero-order valence-corrected chi connectivity index (χ0v) is 18.9. The van der Waals surface area contributed by atoms with E-state index in [2.05, 4.69) is 26.1 Å². The summed E-state index contributed by atoms with van der Waals surface area (Å²) in [7, 11) is -3.37. The molecule has 3 rings (SSSR count). The van der Waals surface area contributed by atoms with Crippen molar-refractivity contribution in [2.75, 3.05) is 13.1 Å². The van der Waals surface area contributed by atoms with Crippen LogP contribution in [0, 0.1) is 11.3 Å². The van der Waals surface area contributed by atoms with Crippen LogP contribution in [0.15, 0.2) is 29.2 Å². The largest absolute Gasteiger partial charge is 0.353 e. The van der Waals surface area contributed by atoms with Crippen LogP contribution in [0.4, 0.5) is 0 Å². The topological polar surface area (TPSA) is 66.5 Å². The second-order valence-electron chi connectivity index (χ2n) is 9.69. The molecular formula is C23H36N2O3S. The number of sulfonamides is 1. The first kappa shape index (κ1) is 22.3. The number of benzene rings is 1. The van der Waals surface area contributed by atoms with Gasteiger partial charge in [-0.2, -0.15) is 4.31 Å². The number of hydrogen-bond acceptors (Lipinski definition) is 3. The van der Waals surface area contributed by atoms with Gasteiger partial charge in [-0.25, -0.2) is 8.42 Å². The zero-order chi connectivity index (χ0) is 21.1. The molecule has 0 radical (unpaired) electrons. The Kier molecular flexibility index (Phi) is 7.05. The Morgan fingerprint density at radius 3 is 2.28 bits per heavy atom. The van der Waals surface area contributed by atoms with Crippen molar-refractivity contribution in [1.82, 2.24) is 9.62 Å². The van der Waals surface area contributed by atoms with E-state index < -0.39 is 10.0 Å². The Morgan fingerprint density at radius 1 is 1.03 bits per heavy atom. The molecule has 6 heteroatoms. The fourth-order valence-electron chi connectivity index (χ4n) is 4.78. The molecule has 2 fully saturated rings. The molecule has 2 atom stereocenters. The van der Waals surface area contributed by atoms with Crippen LogP contribution in [-0.4, -0.2) is 37.8 Å². The van der Waals surface area contributed by atoms with Crippen LogP contribution in [0.1, 0.15) is 71.3 Å². The monoisotopic (exact) mass is 420 g/mol. The summed E-state index contributed by atoms with van der Waals surface area (Å²) in [6.45, 7) is 8.02. The zero-order valence-electron chi connectivity index (χ0n) is 18.1. The molecule has 1 aromatic carbocycles. The lowest BCUT2D eigenvalue weighted by molar-refractivity contribution is -0.122. The second-order valence-corrected chi connectivity index (χ2v) is 11.6. The molecular weight excluding hydrogens is 384 g/mol. The van der Waals surface area contributed by atoms with Gasteiger partial charge in [0.2, 0.25) is 15.9 Å². The van der Waals surface area contributed by atoms with Gasteiger partial charge in [0.05, 0.1) is 4.90 Å². The van der Waals surface area contributed by atoms with Gasteiger partial charge in [0.1, 0.15) is 0 Å². The molecule has 1 aliphatic carbocycles. The number of carbonyl (C=O) groups is 1. The number of aryl methyl sites for hydroxylation is 1. The van der Waals surface area contributed by atoms with E-state index in [0.29, 0.717) is 36.7 Å². The highest BCUT2D eigenvalue weighted by atomic mass is 32.2. The van der Waals surface area contributed by atoms with Crippen LogP contribution in [0.5, 0.6) is 0 Å². The third kappa shape index (κ3) is 5.60. The molecule has 1 saturated carbocycles. The van der Waals surface area contributed by atoms with Crippen LogP contribution < -0.4 is 5.32 Å². The van der Waals surface area contributed by atoms with E-state index >= 15 is 0 Å². The molecule has 1 saturated heterocycles. The summed E-state index contributed by atoms with van der Waals surface area (Å²) in [6.07, 6.45) is 7.62. The van der Waals surface area contributed by atoms with E-state index in [-0.39, 0.29) is 17.4 Å². The molecule has 1 aliphatic heterocycles. The number of amides is 1. The molecule has 1 heterocycles. The van der Waals surface area contributed by atoms with Crippen molar-refractivity contribution in [3.8, 4) is 0 Å². The highest BCUT2D eigenvalue weighted by Gasteiger charge is 2.34. The van der Waals surface area contributed by atoms with E-state index in [0.717, 1.165) is 24.8 Å². The molecule has 1 amide bonds. The molecule has 29 heavy (non-hydrogen) atoms. The number of hydrogen-bond donors (Lipinski definition) is 1. The molecule has 5 nitrogen and oxygen atoms in total. The summed E-state index contributed by atoms with van der Waals surface area (Å²) in [5.74, 6) is 0.621. The summed E-state index contributed by atoms with van der Waals surface area (Å²) in [6, 6.07) is 7.31. The van der Waals surface area contributed by atoms with Gasteiger partial charge in [-0.05, 0) is 61.1 Å². The van der Waals surface area contributed by atoms with E-state index in [4.69, 9.17) is 0 Å². The highest BCUT2D eigenvalue weighted by molar-refractivity contribution is 7.89. The maximum atomic E-state index is 12.6. The van der Waals surface area contributed by atoms with Gasteiger partial charge in [0, 0.05) is 25.6 Å². The van der Waals surface area contributed by atoms with Crippen molar-refractivity contribution in [3.63, 3.8) is 0 Å². The second kappa shape index (κ2) is 9.17. The van der Waals surface area contributed by atoms with Crippen molar-refractivity contribution >= 4 is 15.9 Å². The Balaban J connectivity index is 1.54. The van der Waals surface area contributed by atoms with Gasteiger partial charge in [-0.3, -0.25) is 4.79 Å².